The standard InChI is InChI=1S/C20H27N3O3/c1-12-9-13(2)18-16(10-12)14(3)19(21-18)20(26)23(11-17(24)25)15-5-7-22(4)8-6-15/h9-10,15,21H,5-8,11H2,1-4H3,(H,24,25). The highest BCUT2D eigenvalue weighted by Gasteiger charge is 2.31. The third-order valence-electron chi connectivity index (χ3n) is 5.42. The molecule has 1 aromatic heterocycles. The number of aryl methyl sites for hydroxylation is 3. The molecule has 0 unspecified atom stereocenters. The predicted molar refractivity (Wildman–Crippen MR) is 102 cm³/mol. The molecule has 1 saturated heterocycles. The number of aromatic nitrogens is 1. The van der Waals surface area contributed by atoms with Crippen LogP contribution in [-0.2, 0) is 4.79 Å². The number of hydrogen-bond donors (Lipinski definition) is 2. The van der Waals surface area contributed by atoms with Crippen molar-refractivity contribution in [3.05, 3.63) is 34.5 Å². The molecule has 140 valence electrons. The molecule has 6 heteroatoms. The van der Waals surface area contributed by atoms with Gasteiger partial charge in [0.2, 0.25) is 0 Å². The molecule has 2 aromatic rings. The molecule has 1 aromatic carbocycles. The Labute approximate surface area is 153 Å². The Balaban J connectivity index is 1.98. The molecule has 26 heavy (non-hydrogen) atoms. The molecule has 1 fully saturated rings. The van der Waals surface area contributed by atoms with Crippen molar-refractivity contribution in [3.8, 4) is 0 Å². The Morgan fingerprint density at radius 2 is 1.88 bits per heavy atom. The van der Waals surface area contributed by atoms with E-state index < -0.39 is 5.97 Å². The summed E-state index contributed by atoms with van der Waals surface area (Å²) in [4.78, 5) is 31.7. The maximum atomic E-state index is 13.3. The van der Waals surface area contributed by atoms with Crippen LogP contribution in [0.2, 0.25) is 0 Å². The van der Waals surface area contributed by atoms with Crippen molar-refractivity contribution >= 4 is 22.8 Å². The van der Waals surface area contributed by atoms with E-state index in [1.807, 2.05) is 27.8 Å². The molecule has 0 atom stereocenters. The van der Waals surface area contributed by atoms with Crippen molar-refractivity contribution in [1.29, 1.82) is 0 Å². The lowest BCUT2D eigenvalue weighted by molar-refractivity contribution is -0.138. The van der Waals surface area contributed by atoms with Gasteiger partial charge in [0, 0.05) is 16.9 Å². The van der Waals surface area contributed by atoms with Crippen LogP contribution in [0.5, 0.6) is 0 Å². The number of H-pyrrole nitrogens is 1. The van der Waals surface area contributed by atoms with Gasteiger partial charge < -0.3 is 19.9 Å². The minimum atomic E-state index is -0.974. The van der Waals surface area contributed by atoms with Gasteiger partial charge in [-0.3, -0.25) is 9.59 Å². The Morgan fingerprint density at radius 3 is 2.50 bits per heavy atom. The zero-order valence-electron chi connectivity index (χ0n) is 15.9. The van der Waals surface area contributed by atoms with Crippen molar-refractivity contribution in [2.24, 2.45) is 0 Å². The smallest absolute Gasteiger partial charge is 0.323 e. The predicted octanol–water partition coefficient (Wildman–Crippen LogP) is 2.71. The number of nitrogens with zero attached hydrogens (tertiary/aromatic N) is 2. The summed E-state index contributed by atoms with van der Waals surface area (Å²) < 4.78 is 0. The minimum absolute atomic E-state index is 0.0385. The first-order valence-electron chi connectivity index (χ1n) is 9.08. The maximum Gasteiger partial charge on any atom is 0.323 e. The zero-order valence-corrected chi connectivity index (χ0v) is 15.9. The summed E-state index contributed by atoms with van der Waals surface area (Å²) in [6.07, 6.45) is 1.60. The molecule has 1 aliphatic heterocycles. The SMILES string of the molecule is Cc1cc(C)c2[nH]c(C(=O)N(CC(=O)O)C3CCN(C)CC3)c(C)c2c1. The second kappa shape index (κ2) is 7.11. The molecular weight excluding hydrogens is 330 g/mol. The summed E-state index contributed by atoms with van der Waals surface area (Å²) in [6.45, 7) is 7.47. The van der Waals surface area contributed by atoms with Crippen LogP contribution in [0.1, 0.15) is 40.0 Å². The van der Waals surface area contributed by atoms with Gasteiger partial charge in [0.15, 0.2) is 0 Å². The average Bonchev–Trinajstić information content (AvgIpc) is 2.90. The number of carboxylic acid groups (broad SMARTS) is 1. The molecule has 3 rings (SSSR count). The highest BCUT2D eigenvalue weighted by molar-refractivity contribution is 6.02. The van der Waals surface area contributed by atoms with Gasteiger partial charge in [-0.05, 0) is 70.9 Å². The fraction of sp³-hybridized carbons (Fsp3) is 0.500. The molecular formula is C20H27N3O3. The molecule has 0 spiro atoms. The molecule has 0 radical (unpaired) electrons. The lowest BCUT2D eigenvalue weighted by Crippen LogP contribution is -2.48. The minimum Gasteiger partial charge on any atom is -0.480 e. The number of fused-ring (bicyclic) bond motifs is 1. The number of rotatable bonds is 4. The van der Waals surface area contributed by atoms with Crippen LogP contribution in [0.4, 0.5) is 0 Å². The van der Waals surface area contributed by atoms with E-state index in [4.69, 9.17) is 0 Å². The zero-order chi connectivity index (χ0) is 19.0. The molecule has 1 aliphatic rings. The van der Waals surface area contributed by atoms with Crippen molar-refractivity contribution in [1.82, 2.24) is 14.8 Å². The number of aromatic amines is 1. The number of piperidine rings is 1. The van der Waals surface area contributed by atoms with Gasteiger partial charge >= 0.3 is 5.97 Å². The van der Waals surface area contributed by atoms with Crippen LogP contribution in [-0.4, -0.2) is 64.5 Å². The largest absolute Gasteiger partial charge is 0.480 e. The van der Waals surface area contributed by atoms with E-state index in [0.29, 0.717) is 5.69 Å². The van der Waals surface area contributed by atoms with Crippen LogP contribution in [0.25, 0.3) is 10.9 Å². The van der Waals surface area contributed by atoms with Crippen molar-refractivity contribution in [3.63, 3.8) is 0 Å². The van der Waals surface area contributed by atoms with Crippen LogP contribution in [0.3, 0.4) is 0 Å². The highest BCUT2D eigenvalue weighted by Crippen LogP contribution is 2.28. The quantitative estimate of drug-likeness (QED) is 0.882. The van der Waals surface area contributed by atoms with Gasteiger partial charge in [-0.25, -0.2) is 0 Å². The summed E-state index contributed by atoms with van der Waals surface area (Å²) in [5, 5.41) is 10.4. The number of benzene rings is 1. The number of likely N-dealkylation sites (tertiary alicyclic amines) is 1. The summed E-state index contributed by atoms with van der Waals surface area (Å²) in [7, 11) is 2.05. The van der Waals surface area contributed by atoms with Gasteiger partial charge in [-0.1, -0.05) is 11.6 Å². The van der Waals surface area contributed by atoms with Crippen LogP contribution in [0.15, 0.2) is 12.1 Å². The Bertz CT molecular complexity index is 848. The highest BCUT2D eigenvalue weighted by atomic mass is 16.4. The number of nitrogens with one attached hydrogen (secondary N) is 1. The second-order valence-corrected chi connectivity index (χ2v) is 7.49. The van der Waals surface area contributed by atoms with E-state index in [1.165, 1.54) is 4.90 Å². The monoisotopic (exact) mass is 357 g/mol. The fourth-order valence-electron chi connectivity index (χ4n) is 3.96. The van der Waals surface area contributed by atoms with E-state index >= 15 is 0 Å². The van der Waals surface area contributed by atoms with Crippen LogP contribution < -0.4 is 0 Å². The average molecular weight is 357 g/mol. The van der Waals surface area contributed by atoms with Crippen LogP contribution in [0, 0.1) is 20.8 Å². The van der Waals surface area contributed by atoms with Crippen molar-refractivity contribution < 1.29 is 14.7 Å². The topological polar surface area (TPSA) is 76.6 Å². The lowest BCUT2D eigenvalue weighted by Gasteiger charge is -2.36. The van der Waals surface area contributed by atoms with Crippen molar-refractivity contribution in [2.45, 2.75) is 39.7 Å². The van der Waals surface area contributed by atoms with Gasteiger partial charge in [-0.15, -0.1) is 0 Å². The number of carbonyl (C=O) groups excluding carboxylic acids is 1. The third kappa shape index (κ3) is 3.46. The Hall–Kier alpha value is -2.34. The molecule has 2 N–H and O–H groups in total. The number of amides is 1. The summed E-state index contributed by atoms with van der Waals surface area (Å²) in [5.41, 5.74) is 4.59. The van der Waals surface area contributed by atoms with Crippen LogP contribution >= 0.6 is 0 Å². The second-order valence-electron chi connectivity index (χ2n) is 7.49. The summed E-state index contributed by atoms with van der Waals surface area (Å²) in [6, 6.07) is 4.11. The lowest BCUT2D eigenvalue weighted by atomic mass is 10.0. The molecule has 1 amide bonds. The normalized spacial score (nSPS) is 16.2. The van der Waals surface area contributed by atoms with Crippen molar-refractivity contribution in [2.75, 3.05) is 26.7 Å². The maximum absolute atomic E-state index is 13.3. The van der Waals surface area contributed by atoms with Gasteiger partial charge in [-0.2, -0.15) is 0 Å². The van der Waals surface area contributed by atoms with E-state index in [2.05, 4.69) is 22.0 Å². The van der Waals surface area contributed by atoms with Gasteiger partial charge in [0.25, 0.3) is 5.91 Å². The van der Waals surface area contributed by atoms with E-state index in [0.717, 1.165) is 53.5 Å². The molecule has 0 aliphatic carbocycles. The Morgan fingerprint density at radius 1 is 1.23 bits per heavy atom. The first-order valence-corrected chi connectivity index (χ1v) is 9.08. The third-order valence-corrected chi connectivity index (χ3v) is 5.42. The first-order chi connectivity index (χ1) is 12.3. The Kier molecular flexibility index (Phi) is 5.05. The number of carbonyl (C=O) groups is 2. The number of aliphatic carboxylic acids is 1. The molecule has 6 nitrogen and oxygen atoms in total. The van der Waals surface area contributed by atoms with Gasteiger partial charge in [0.05, 0.1) is 0 Å². The summed E-state index contributed by atoms with van der Waals surface area (Å²) >= 11 is 0. The first kappa shape index (κ1) is 18.5. The molecule has 2 heterocycles. The molecule has 0 saturated carbocycles. The fourth-order valence-corrected chi connectivity index (χ4v) is 3.96. The number of carboxylic acids is 1. The number of hydrogen-bond acceptors (Lipinski definition) is 3. The van der Waals surface area contributed by atoms with E-state index in [1.54, 1.807) is 0 Å². The van der Waals surface area contributed by atoms with Gasteiger partial charge in [0.1, 0.15) is 12.2 Å². The molecule has 0 bridgehead atoms. The summed E-state index contributed by atoms with van der Waals surface area (Å²) in [5.74, 6) is -1.19. The van der Waals surface area contributed by atoms with E-state index in [-0.39, 0.29) is 18.5 Å². The van der Waals surface area contributed by atoms with E-state index in [9.17, 15) is 14.7 Å².